The molecule has 0 aromatic heterocycles. The number of ether oxygens (including phenoxy) is 2. The third kappa shape index (κ3) is 7.37. The largest absolute Gasteiger partial charge is 0.346 e. The third-order valence-electron chi connectivity index (χ3n) is 4.34. The van der Waals surface area contributed by atoms with Crippen LogP contribution >= 0.6 is 23.6 Å². The SMILES string of the molecule is CC(C)=C(C)C#CC(C)=C(C)C1OCC(OSCc2ccc(Cl)cc2)CO1. The predicted molar refractivity (Wildman–Crippen MR) is 114 cm³/mol. The summed E-state index contributed by atoms with van der Waals surface area (Å²) >= 11 is 7.30. The molecular formula is C22H27ClO3S. The summed E-state index contributed by atoms with van der Waals surface area (Å²) in [5.41, 5.74) is 5.49. The molecule has 146 valence electrons. The Hall–Kier alpha value is -1.22. The summed E-state index contributed by atoms with van der Waals surface area (Å²) < 4.78 is 17.5. The van der Waals surface area contributed by atoms with Gasteiger partial charge >= 0.3 is 0 Å². The van der Waals surface area contributed by atoms with Crippen LogP contribution in [0.4, 0.5) is 0 Å². The Morgan fingerprint density at radius 2 is 1.63 bits per heavy atom. The molecule has 27 heavy (non-hydrogen) atoms. The van der Waals surface area contributed by atoms with Crippen molar-refractivity contribution in [2.24, 2.45) is 0 Å². The molecule has 1 fully saturated rings. The number of rotatable bonds is 5. The molecule has 3 nitrogen and oxygen atoms in total. The molecular weight excluding hydrogens is 380 g/mol. The first-order valence-corrected chi connectivity index (χ1v) is 10.2. The van der Waals surface area contributed by atoms with Crippen LogP contribution in [-0.4, -0.2) is 25.6 Å². The van der Waals surface area contributed by atoms with Crippen molar-refractivity contribution >= 4 is 23.6 Å². The van der Waals surface area contributed by atoms with Crippen LogP contribution in [0.1, 0.15) is 40.2 Å². The van der Waals surface area contributed by atoms with E-state index in [2.05, 4.69) is 25.7 Å². The van der Waals surface area contributed by atoms with Crippen molar-refractivity contribution in [2.45, 2.75) is 52.8 Å². The molecule has 1 heterocycles. The zero-order valence-electron chi connectivity index (χ0n) is 16.6. The minimum Gasteiger partial charge on any atom is -0.346 e. The van der Waals surface area contributed by atoms with E-state index in [0.717, 1.165) is 27.5 Å². The van der Waals surface area contributed by atoms with Crippen LogP contribution in [0, 0.1) is 11.8 Å². The maximum Gasteiger partial charge on any atom is 0.180 e. The van der Waals surface area contributed by atoms with Crippen LogP contribution in [0.2, 0.25) is 5.02 Å². The van der Waals surface area contributed by atoms with Gasteiger partial charge < -0.3 is 13.7 Å². The number of hydrogen-bond donors (Lipinski definition) is 0. The Bertz CT molecular complexity index is 744. The second kappa shape index (κ2) is 10.9. The van der Waals surface area contributed by atoms with E-state index in [1.165, 1.54) is 23.2 Å². The predicted octanol–water partition coefficient (Wildman–Crippen LogP) is 5.94. The van der Waals surface area contributed by atoms with E-state index in [9.17, 15) is 0 Å². The molecule has 0 saturated carbocycles. The second-order valence-electron chi connectivity index (χ2n) is 6.79. The molecule has 0 aliphatic carbocycles. The van der Waals surface area contributed by atoms with E-state index in [1.54, 1.807) is 0 Å². The smallest absolute Gasteiger partial charge is 0.180 e. The molecule has 1 aromatic carbocycles. The van der Waals surface area contributed by atoms with Crippen molar-refractivity contribution < 1.29 is 13.7 Å². The molecule has 0 N–H and O–H groups in total. The topological polar surface area (TPSA) is 27.7 Å². The van der Waals surface area contributed by atoms with Gasteiger partial charge in [0.2, 0.25) is 0 Å². The summed E-state index contributed by atoms with van der Waals surface area (Å²) in [6.45, 7) is 11.2. The molecule has 0 radical (unpaired) electrons. The fourth-order valence-corrected chi connectivity index (χ4v) is 2.98. The van der Waals surface area contributed by atoms with Gasteiger partial charge in [-0.05, 0) is 75.5 Å². The molecule has 5 heteroatoms. The Morgan fingerprint density at radius 3 is 2.22 bits per heavy atom. The standard InChI is InChI=1S/C22H27ClO3S/c1-15(2)16(3)6-7-17(4)18(5)22-24-12-21(13-25-22)26-27-14-19-8-10-20(23)11-9-19/h8-11,21-22H,12-14H2,1-5H3. The van der Waals surface area contributed by atoms with Crippen LogP contribution in [-0.2, 0) is 19.4 Å². The lowest BCUT2D eigenvalue weighted by Gasteiger charge is -2.29. The zero-order valence-corrected chi connectivity index (χ0v) is 18.2. The molecule has 1 saturated heterocycles. The van der Waals surface area contributed by atoms with Gasteiger partial charge in [0.05, 0.1) is 13.2 Å². The van der Waals surface area contributed by atoms with Crippen molar-refractivity contribution in [3.63, 3.8) is 0 Å². The fourth-order valence-electron chi connectivity index (χ4n) is 2.16. The second-order valence-corrected chi connectivity index (χ2v) is 7.94. The van der Waals surface area contributed by atoms with Crippen LogP contribution in [0.15, 0.2) is 46.6 Å². The van der Waals surface area contributed by atoms with Gasteiger partial charge in [0.15, 0.2) is 6.29 Å². The molecule has 2 rings (SSSR count). The van der Waals surface area contributed by atoms with E-state index in [4.69, 9.17) is 25.3 Å². The van der Waals surface area contributed by atoms with E-state index >= 15 is 0 Å². The maximum absolute atomic E-state index is 5.89. The van der Waals surface area contributed by atoms with Gasteiger partial charge in [-0.3, -0.25) is 0 Å². The lowest BCUT2D eigenvalue weighted by Crippen LogP contribution is -2.37. The van der Waals surface area contributed by atoms with Gasteiger partial charge in [-0.25, -0.2) is 0 Å². The lowest BCUT2D eigenvalue weighted by molar-refractivity contribution is -0.190. The van der Waals surface area contributed by atoms with Gasteiger partial charge in [0.1, 0.15) is 6.10 Å². The molecule has 0 unspecified atom stereocenters. The lowest BCUT2D eigenvalue weighted by atomic mass is 10.1. The molecule has 0 bridgehead atoms. The number of allylic oxidation sites excluding steroid dienone is 3. The Kier molecular flexibility index (Phi) is 8.95. The monoisotopic (exact) mass is 406 g/mol. The van der Waals surface area contributed by atoms with E-state index in [1.807, 2.05) is 45.0 Å². The first-order valence-electron chi connectivity index (χ1n) is 8.96. The van der Waals surface area contributed by atoms with Crippen LogP contribution in [0.25, 0.3) is 0 Å². The van der Waals surface area contributed by atoms with Crippen molar-refractivity contribution in [2.75, 3.05) is 13.2 Å². The van der Waals surface area contributed by atoms with E-state index in [-0.39, 0.29) is 12.4 Å². The highest BCUT2D eigenvalue weighted by molar-refractivity contribution is 7.93. The quantitative estimate of drug-likeness (QED) is 0.446. The van der Waals surface area contributed by atoms with Crippen LogP contribution in [0.5, 0.6) is 0 Å². The van der Waals surface area contributed by atoms with Crippen molar-refractivity contribution in [3.05, 3.63) is 57.1 Å². The van der Waals surface area contributed by atoms with Crippen LogP contribution in [0.3, 0.4) is 0 Å². The highest BCUT2D eigenvalue weighted by Gasteiger charge is 2.25. The fraction of sp³-hybridized carbons (Fsp3) is 0.455. The normalized spacial score (nSPS) is 20.4. The third-order valence-corrected chi connectivity index (χ3v) is 5.45. The Balaban J connectivity index is 1.79. The van der Waals surface area contributed by atoms with Gasteiger partial charge in [-0.15, -0.1) is 0 Å². The van der Waals surface area contributed by atoms with E-state index in [0.29, 0.717) is 13.2 Å². The van der Waals surface area contributed by atoms with Gasteiger partial charge in [0.25, 0.3) is 0 Å². The minimum absolute atomic E-state index is 0.0781. The van der Waals surface area contributed by atoms with Crippen molar-refractivity contribution in [3.8, 4) is 11.8 Å². The molecule has 1 aromatic rings. The molecule has 0 spiro atoms. The average molecular weight is 407 g/mol. The Labute approximate surface area is 172 Å². The zero-order chi connectivity index (χ0) is 19.8. The van der Waals surface area contributed by atoms with Gasteiger partial charge in [-0.1, -0.05) is 41.1 Å². The highest BCUT2D eigenvalue weighted by atomic mass is 35.5. The van der Waals surface area contributed by atoms with Gasteiger partial charge in [0, 0.05) is 16.3 Å². The summed E-state index contributed by atoms with van der Waals surface area (Å²) in [6, 6.07) is 7.76. The van der Waals surface area contributed by atoms with Crippen molar-refractivity contribution in [1.29, 1.82) is 0 Å². The van der Waals surface area contributed by atoms with Crippen LogP contribution < -0.4 is 0 Å². The van der Waals surface area contributed by atoms with Gasteiger partial charge in [-0.2, -0.15) is 0 Å². The average Bonchev–Trinajstić information content (AvgIpc) is 2.67. The first-order chi connectivity index (χ1) is 12.9. The van der Waals surface area contributed by atoms with Crippen molar-refractivity contribution in [1.82, 2.24) is 0 Å². The number of hydrogen-bond acceptors (Lipinski definition) is 4. The first kappa shape index (κ1) is 22.1. The number of benzene rings is 1. The minimum atomic E-state index is -0.354. The summed E-state index contributed by atoms with van der Waals surface area (Å²) in [7, 11) is 0. The summed E-state index contributed by atoms with van der Waals surface area (Å²) in [4.78, 5) is 0. The molecule has 1 aliphatic heterocycles. The summed E-state index contributed by atoms with van der Waals surface area (Å²) in [6.07, 6.45) is -0.432. The summed E-state index contributed by atoms with van der Waals surface area (Å²) in [5.74, 6) is 7.14. The van der Waals surface area contributed by atoms with E-state index < -0.39 is 0 Å². The highest BCUT2D eigenvalue weighted by Crippen LogP contribution is 2.22. The number of halogens is 1. The molecule has 0 atom stereocenters. The molecule has 1 aliphatic rings. The maximum atomic E-state index is 5.89. The molecule has 0 amide bonds. The summed E-state index contributed by atoms with van der Waals surface area (Å²) in [5, 5.41) is 0.740. The Morgan fingerprint density at radius 1 is 1.04 bits per heavy atom.